The van der Waals surface area contributed by atoms with Gasteiger partial charge in [-0.2, -0.15) is 26.3 Å². The number of hydrogen-bond donors (Lipinski definition) is 0. The molecule has 0 atom stereocenters. The van der Waals surface area contributed by atoms with Crippen molar-refractivity contribution in [1.82, 2.24) is 0 Å². The van der Waals surface area contributed by atoms with Crippen molar-refractivity contribution < 1.29 is 26.3 Å². The van der Waals surface area contributed by atoms with Gasteiger partial charge in [0.25, 0.3) is 0 Å². The van der Waals surface area contributed by atoms with Crippen molar-refractivity contribution in [1.29, 1.82) is 0 Å². The Labute approximate surface area is 127 Å². The van der Waals surface area contributed by atoms with E-state index in [1.165, 1.54) is 24.3 Å². The molecule has 0 aromatic heterocycles. The summed E-state index contributed by atoms with van der Waals surface area (Å²) >= 11 is 0. The van der Waals surface area contributed by atoms with Crippen LogP contribution >= 0.6 is 0 Å². The number of halogens is 6. The molecule has 0 saturated carbocycles. The Bertz CT molecular complexity index is 669. The molecule has 0 aliphatic carbocycles. The summed E-state index contributed by atoms with van der Waals surface area (Å²) in [6.07, 6.45) is -7.79. The molecular weight excluding hydrogens is 322 g/mol. The van der Waals surface area contributed by atoms with Crippen molar-refractivity contribution in [3.63, 3.8) is 0 Å². The lowest BCUT2D eigenvalue weighted by molar-refractivity contribution is -0.138. The lowest BCUT2D eigenvalue weighted by atomic mass is 10.2. The van der Waals surface area contributed by atoms with Crippen molar-refractivity contribution in [3.05, 3.63) is 65.0 Å². The molecular formula is C15H9F6N2-. The van der Waals surface area contributed by atoms with Crippen LogP contribution in [0, 0.1) is 0 Å². The Balaban J connectivity index is 1.99. The minimum absolute atomic E-state index is 0.244. The van der Waals surface area contributed by atoms with Gasteiger partial charge in [-0.15, -0.1) is 0 Å². The Morgan fingerprint density at radius 3 is 1.57 bits per heavy atom. The van der Waals surface area contributed by atoms with E-state index < -0.39 is 23.5 Å². The molecule has 0 aliphatic heterocycles. The maximum Gasteiger partial charge on any atom is 0.416 e. The molecule has 0 spiro atoms. The predicted molar refractivity (Wildman–Crippen MR) is 74.1 cm³/mol. The van der Waals surface area contributed by atoms with Crippen molar-refractivity contribution in [2.75, 3.05) is 0 Å². The summed E-state index contributed by atoms with van der Waals surface area (Å²) in [5.41, 5.74) is -1.10. The fourth-order valence-corrected chi connectivity index (χ4v) is 1.64. The van der Waals surface area contributed by atoms with E-state index in [0.717, 1.165) is 30.6 Å². The summed E-state index contributed by atoms with van der Waals surface area (Å²) in [4.78, 5) is 3.81. The van der Waals surface area contributed by atoms with Crippen LogP contribution in [0.15, 0.2) is 53.5 Å². The third-order valence-corrected chi connectivity index (χ3v) is 2.80. The molecule has 122 valence electrons. The van der Waals surface area contributed by atoms with E-state index in [4.69, 9.17) is 0 Å². The predicted octanol–water partition coefficient (Wildman–Crippen LogP) is 6.09. The second kappa shape index (κ2) is 6.31. The van der Waals surface area contributed by atoms with Crippen LogP contribution in [0.1, 0.15) is 11.1 Å². The Kier molecular flexibility index (Phi) is 4.63. The van der Waals surface area contributed by atoms with E-state index in [1.807, 2.05) is 0 Å². The minimum Gasteiger partial charge on any atom is -0.443 e. The molecule has 0 saturated heterocycles. The second-order valence-corrected chi connectivity index (χ2v) is 4.46. The van der Waals surface area contributed by atoms with E-state index in [0.29, 0.717) is 0 Å². The normalized spacial score (nSPS) is 12.6. The molecule has 2 aromatic rings. The quantitative estimate of drug-likeness (QED) is 0.370. The van der Waals surface area contributed by atoms with E-state index in [9.17, 15) is 26.3 Å². The number of benzene rings is 2. The highest BCUT2D eigenvalue weighted by molar-refractivity contribution is 5.84. The zero-order chi connectivity index (χ0) is 17.1. The molecule has 2 aromatic carbocycles. The standard InChI is InChI=1S/C15H9F6N2/c16-14(17,18)10-1-5-12(6-2-10)22-9-23-13-7-3-11(4-8-13)15(19,20)21/h1-9H/q-1. The van der Waals surface area contributed by atoms with E-state index >= 15 is 0 Å². The van der Waals surface area contributed by atoms with Crippen molar-refractivity contribution in [3.8, 4) is 0 Å². The van der Waals surface area contributed by atoms with Crippen LogP contribution in [0.5, 0.6) is 0 Å². The zero-order valence-corrected chi connectivity index (χ0v) is 11.4. The fraction of sp³-hybridized carbons (Fsp3) is 0.133. The van der Waals surface area contributed by atoms with Gasteiger partial charge in [-0.3, -0.25) is 0 Å². The maximum absolute atomic E-state index is 12.4. The van der Waals surface area contributed by atoms with Gasteiger partial charge >= 0.3 is 12.4 Å². The first-order chi connectivity index (χ1) is 10.7. The molecule has 0 radical (unpaired) electrons. The van der Waals surface area contributed by atoms with Gasteiger partial charge in [0.15, 0.2) is 0 Å². The van der Waals surface area contributed by atoms with Crippen LogP contribution in [-0.2, 0) is 12.4 Å². The summed E-state index contributed by atoms with van der Waals surface area (Å²) < 4.78 is 74.2. The first-order valence-electron chi connectivity index (χ1n) is 6.24. The number of hydrogen-bond acceptors (Lipinski definition) is 1. The molecule has 2 rings (SSSR count). The van der Waals surface area contributed by atoms with Crippen LogP contribution < -0.4 is 0 Å². The van der Waals surface area contributed by atoms with Gasteiger partial charge in [0.05, 0.1) is 11.1 Å². The van der Waals surface area contributed by atoms with Crippen LogP contribution in [0.4, 0.5) is 37.7 Å². The van der Waals surface area contributed by atoms with Gasteiger partial charge in [-0.05, 0) is 35.6 Å². The maximum atomic E-state index is 12.4. The fourth-order valence-electron chi connectivity index (χ4n) is 1.64. The van der Waals surface area contributed by atoms with Gasteiger partial charge < -0.3 is 10.3 Å². The topological polar surface area (TPSA) is 26.5 Å². The van der Waals surface area contributed by atoms with Gasteiger partial charge in [0.1, 0.15) is 0 Å². The summed E-state index contributed by atoms with van der Waals surface area (Å²) in [5.74, 6) is 0. The number of alkyl halides is 6. The van der Waals surface area contributed by atoms with Crippen molar-refractivity contribution in [2.24, 2.45) is 4.99 Å². The molecule has 0 heterocycles. The minimum atomic E-state index is -4.42. The van der Waals surface area contributed by atoms with Gasteiger partial charge in [0.2, 0.25) is 0 Å². The lowest BCUT2D eigenvalue weighted by Gasteiger charge is -2.11. The Morgan fingerprint density at radius 1 is 0.696 bits per heavy atom. The average molecular weight is 331 g/mol. The molecule has 0 fully saturated rings. The highest BCUT2D eigenvalue weighted by Crippen LogP contribution is 2.32. The molecule has 8 heteroatoms. The van der Waals surface area contributed by atoms with Gasteiger partial charge in [-0.1, -0.05) is 30.6 Å². The third kappa shape index (κ3) is 4.73. The highest BCUT2D eigenvalue weighted by Gasteiger charge is 2.30. The second-order valence-electron chi connectivity index (χ2n) is 4.46. The summed E-state index contributed by atoms with van der Waals surface area (Å²) in [6, 6.07) is 8.19. The average Bonchev–Trinajstić information content (AvgIpc) is 2.46. The van der Waals surface area contributed by atoms with Crippen molar-refractivity contribution in [2.45, 2.75) is 12.4 Å². The smallest absolute Gasteiger partial charge is 0.416 e. The van der Waals surface area contributed by atoms with Crippen LogP contribution in [0.25, 0.3) is 5.32 Å². The summed E-state index contributed by atoms with van der Waals surface area (Å²) in [7, 11) is 0. The molecule has 0 N–H and O–H groups in total. The molecule has 2 nitrogen and oxygen atoms in total. The molecule has 0 amide bonds. The van der Waals surface area contributed by atoms with E-state index in [1.54, 1.807) is 0 Å². The first-order valence-corrected chi connectivity index (χ1v) is 6.24. The SMILES string of the molecule is FC(F)(F)c1ccc(N=C[N-]c2ccc(C(F)(F)F)cc2)cc1. The van der Waals surface area contributed by atoms with Crippen LogP contribution in [0.2, 0.25) is 0 Å². The molecule has 0 bridgehead atoms. The van der Waals surface area contributed by atoms with Crippen molar-refractivity contribution >= 4 is 17.7 Å². The number of nitrogens with zero attached hydrogens (tertiary/aromatic N) is 2. The lowest BCUT2D eigenvalue weighted by Crippen LogP contribution is -2.03. The summed E-state index contributed by atoms with van der Waals surface area (Å²) in [5, 5.41) is 3.81. The highest BCUT2D eigenvalue weighted by atomic mass is 19.4. The monoisotopic (exact) mass is 331 g/mol. The van der Waals surface area contributed by atoms with Gasteiger partial charge in [-0.25, -0.2) is 0 Å². The first kappa shape index (κ1) is 16.9. The molecule has 0 aliphatic rings. The van der Waals surface area contributed by atoms with E-state index in [2.05, 4.69) is 10.3 Å². The molecule has 0 unspecified atom stereocenters. The number of rotatable bonds is 3. The third-order valence-electron chi connectivity index (χ3n) is 2.80. The van der Waals surface area contributed by atoms with Crippen LogP contribution in [-0.4, -0.2) is 6.34 Å². The zero-order valence-electron chi connectivity index (χ0n) is 11.4. The summed E-state index contributed by atoms with van der Waals surface area (Å²) in [6.45, 7) is 0. The van der Waals surface area contributed by atoms with E-state index in [-0.39, 0.29) is 11.4 Å². The van der Waals surface area contributed by atoms with Crippen LogP contribution in [0.3, 0.4) is 0 Å². The van der Waals surface area contributed by atoms with Gasteiger partial charge in [0, 0.05) is 0 Å². The largest absolute Gasteiger partial charge is 0.443 e. The Hall–Kier alpha value is -2.51. The Morgan fingerprint density at radius 2 is 1.13 bits per heavy atom. The molecule has 23 heavy (non-hydrogen) atoms. The number of aliphatic imine (C=N–C) groups is 1.